The lowest BCUT2D eigenvalue weighted by atomic mass is 9.93. The van der Waals surface area contributed by atoms with Crippen molar-refractivity contribution in [3.8, 4) is 17.0 Å². The van der Waals surface area contributed by atoms with E-state index in [9.17, 15) is 18.0 Å². The number of hydrogen-bond donors (Lipinski definition) is 1. The minimum absolute atomic E-state index is 0.0531. The van der Waals surface area contributed by atoms with Crippen molar-refractivity contribution in [2.45, 2.75) is 45.3 Å². The number of rotatable bonds is 10. The van der Waals surface area contributed by atoms with Crippen molar-refractivity contribution in [1.29, 1.82) is 0 Å². The fraction of sp³-hybridized carbons (Fsp3) is 0.225. The number of halogens is 3. The molecule has 3 aromatic heterocycles. The van der Waals surface area contributed by atoms with E-state index in [2.05, 4.69) is 20.3 Å². The molecule has 6 aromatic rings. The lowest BCUT2D eigenvalue weighted by Crippen LogP contribution is -2.34. The number of carbonyl (C=O) groups excluding carboxylic acids is 1. The second kappa shape index (κ2) is 14.8. The Bertz CT molecular complexity index is 2180. The van der Waals surface area contributed by atoms with Crippen LogP contribution in [-0.4, -0.2) is 44.5 Å². The fourth-order valence-electron chi connectivity index (χ4n) is 6.30. The van der Waals surface area contributed by atoms with Crippen molar-refractivity contribution < 1.29 is 27.4 Å². The van der Waals surface area contributed by atoms with Gasteiger partial charge in [0.15, 0.2) is 0 Å². The van der Waals surface area contributed by atoms with Crippen LogP contribution in [0.3, 0.4) is 0 Å². The van der Waals surface area contributed by atoms with E-state index in [1.54, 1.807) is 38.6 Å². The van der Waals surface area contributed by atoms with Crippen LogP contribution < -0.4 is 10.1 Å². The topological polar surface area (TPSA) is 102 Å². The SMILES string of the molecule is COc1ccc(CNc2ccc(-c3nc4ccc(C(=O)N(Cc5ccc(C(F)(F)F)cn5)[C@H](C)c5ncccn5)cc4c4c3COCC4)cc2)cc1. The van der Waals surface area contributed by atoms with E-state index in [0.717, 1.165) is 62.6 Å². The van der Waals surface area contributed by atoms with Crippen LogP contribution in [0, 0.1) is 0 Å². The Hall–Kier alpha value is -5.88. The molecule has 264 valence electrons. The highest BCUT2D eigenvalue weighted by atomic mass is 19.4. The molecule has 3 aromatic carbocycles. The van der Waals surface area contributed by atoms with E-state index in [1.807, 2.05) is 60.7 Å². The number of fused-ring (bicyclic) bond motifs is 3. The van der Waals surface area contributed by atoms with E-state index in [1.165, 1.54) is 11.0 Å². The van der Waals surface area contributed by atoms with Gasteiger partial charge in [0.1, 0.15) is 11.6 Å². The Balaban J connectivity index is 1.18. The normalized spacial score (nSPS) is 13.3. The highest BCUT2D eigenvalue weighted by molar-refractivity contribution is 5.99. The van der Waals surface area contributed by atoms with Gasteiger partial charge in [-0.25, -0.2) is 15.0 Å². The molecule has 0 fully saturated rings. The standard InChI is InChI=1S/C40H35F3N6O3/c1-25(38-44-17-3-18-45-38)49(23-31-12-9-29(22-47-31)40(41,42)43)39(50)28-8-15-36-34(20-28)33-16-19-52-24-35(33)37(48-36)27-6-10-30(11-7-27)46-21-26-4-13-32(51-2)14-5-26/h3-15,17-18,20,22,25,46H,16,19,21,23-24H2,1-2H3/t25-/m1/s1. The molecule has 12 heteroatoms. The number of methoxy groups -OCH3 is 1. The third kappa shape index (κ3) is 7.42. The zero-order valence-corrected chi connectivity index (χ0v) is 28.5. The van der Waals surface area contributed by atoms with Gasteiger partial charge >= 0.3 is 6.18 Å². The Kier molecular flexibility index (Phi) is 9.82. The van der Waals surface area contributed by atoms with Crippen LogP contribution in [0.2, 0.25) is 0 Å². The van der Waals surface area contributed by atoms with Crippen molar-refractivity contribution in [1.82, 2.24) is 24.8 Å². The maximum atomic E-state index is 14.3. The maximum absolute atomic E-state index is 14.3. The number of hydrogen-bond acceptors (Lipinski definition) is 8. The van der Waals surface area contributed by atoms with E-state index < -0.39 is 17.8 Å². The summed E-state index contributed by atoms with van der Waals surface area (Å²) in [5.41, 5.74) is 6.50. The van der Waals surface area contributed by atoms with E-state index in [4.69, 9.17) is 14.5 Å². The van der Waals surface area contributed by atoms with E-state index in [-0.39, 0.29) is 12.5 Å². The largest absolute Gasteiger partial charge is 0.497 e. The van der Waals surface area contributed by atoms with Gasteiger partial charge in [0.25, 0.3) is 5.91 Å². The summed E-state index contributed by atoms with van der Waals surface area (Å²) in [6, 6.07) is 24.8. The average molecular weight is 705 g/mol. The minimum Gasteiger partial charge on any atom is -0.497 e. The lowest BCUT2D eigenvalue weighted by molar-refractivity contribution is -0.137. The highest BCUT2D eigenvalue weighted by Gasteiger charge is 2.31. The summed E-state index contributed by atoms with van der Waals surface area (Å²) < 4.78 is 50.8. The first-order valence-corrected chi connectivity index (χ1v) is 16.8. The quantitative estimate of drug-likeness (QED) is 0.152. The number of pyridine rings is 2. The van der Waals surface area contributed by atoms with Crippen LogP contribution in [0.15, 0.2) is 104 Å². The van der Waals surface area contributed by atoms with Crippen molar-refractivity contribution in [2.75, 3.05) is 19.0 Å². The molecule has 1 aliphatic rings. The summed E-state index contributed by atoms with van der Waals surface area (Å²) in [5, 5.41) is 4.31. The third-order valence-electron chi connectivity index (χ3n) is 9.18. The average Bonchev–Trinajstić information content (AvgIpc) is 3.18. The summed E-state index contributed by atoms with van der Waals surface area (Å²) in [6.07, 6.45) is 0.0700. The molecule has 4 heterocycles. The summed E-state index contributed by atoms with van der Waals surface area (Å²) in [5.74, 6) is 0.868. The van der Waals surface area contributed by atoms with Gasteiger partial charge in [0.2, 0.25) is 0 Å². The molecule has 0 saturated heterocycles. The van der Waals surface area contributed by atoms with Crippen molar-refractivity contribution in [3.05, 3.63) is 143 Å². The Morgan fingerprint density at radius 1 is 0.962 bits per heavy atom. The Morgan fingerprint density at radius 3 is 2.42 bits per heavy atom. The fourth-order valence-corrected chi connectivity index (χ4v) is 6.30. The monoisotopic (exact) mass is 704 g/mol. The number of benzene rings is 3. The van der Waals surface area contributed by atoms with Gasteiger partial charge in [0, 0.05) is 52.9 Å². The van der Waals surface area contributed by atoms with Gasteiger partial charge in [-0.1, -0.05) is 24.3 Å². The number of anilines is 1. The summed E-state index contributed by atoms with van der Waals surface area (Å²) in [6.45, 7) is 3.31. The van der Waals surface area contributed by atoms with E-state index in [0.29, 0.717) is 43.3 Å². The van der Waals surface area contributed by atoms with Crippen molar-refractivity contribution in [2.24, 2.45) is 0 Å². The molecule has 0 spiro atoms. The molecule has 7 rings (SSSR count). The molecule has 9 nitrogen and oxygen atoms in total. The molecule has 0 radical (unpaired) electrons. The summed E-state index contributed by atoms with van der Waals surface area (Å²) in [4.78, 5) is 33.6. The molecule has 0 aliphatic carbocycles. The second-order valence-corrected chi connectivity index (χ2v) is 12.5. The van der Waals surface area contributed by atoms with Crippen LogP contribution in [0.1, 0.15) is 57.1 Å². The number of nitrogens with one attached hydrogen (secondary N) is 1. The Labute approximate surface area is 298 Å². The minimum atomic E-state index is -4.52. The zero-order chi connectivity index (χ0) is 36.2. The van der Waals surface area contributed by atoms with Gasteiger partial charge in [0.05, 0.1) is 55.4 Å². The highest BCUT2D eigenvalue weighted by Crippen LogP contribution is 2.35. The maximum Gasteiger partial charge on any atom is 0.417 e. The zero-order valence-electron chi connectivity index (χ0n) is 28.5. The molecule has 1 aliphatic heterocycles. The lowest BCUT2D eigenvalue weighted by Gasteiger charge is -2.28. The molecule has 1 N–H and O–H groups in total. The number of ether oxygens (including phenoxy) is 2. The smallest absolute Gasteiger partial charge is 0.417 e. The van der Waals surface area contributed by atoms with Crippen molar-refractivity contribution in [3.63, 3.8) is 0 Å². The van der Waals surface area contributed by atoms with Crippen molar-refractivity contribution >= 4 is 22.5 Å². The molecule has 0 unspecified atom stereocenters. The first-order chi connectivity index (χ1) is 25.2. The van der Waals surface area contributed by atoms with Crippen LogP contribution in [0.25, 0.3) is 22.2 Å². The number of carbonyl (C=O) groups is 1. The predicted octanol–water partition coefficient (Wildman–Crippen LogP) is 8.20. The van der Waals surface area contributed by atoms with Crippen LogP contribution >= 0.6 is 0 Å². The van der Waals surface area contributed by atoms with Crippen LogP contribution in [0.5, 0.6) is 5.75 Å². The predicted molar refractivity (Wildman–Crippen MR) is 190 cm³/mol. The van der Waals surface area contributed by atoms with Gasteiger partial charge < -0.3 is 19.7 Å². The summed E-state index contributed by atoms with van der Waals surface area (Å²) >= 11 is 0. The molecule has 0 saturated carbocycles. The molecular weight excluding hydrogens is 669 g/mol. The number of nitrogens with zero attached hydrogens (tertiary/aromatic N) is 5. The first kappa shape index (κ1) is 34.6. The van der Waals surface area contributed by atoms with Crippen LogP contribution in [0.4, 0.5) is 18.9 Å². The second-order valence-electron chi connectivity index (χ2n) is 12.5. The molecular formula is C40H35F3N6O3. The molecule has 1 atom stereocenters. The first-order valence-electron chi connectivity index (χ1n) is 16.8. The Morgan fingerprint density at radius 2 is 1.73 bits per heavy atom. The van der Waals surface area contributed by atoms with Gasteiger partial charge in [-0.15, -0.1) is 0 Å². The van der Waals surface area contributed by atoms with Crippen LogP contribution in [-0.2, 0) is 37.0 Å². The molecule has 52 heavy (non-hydrogen) atoms. The van der Waals surface area contributed by atoms with E-state index >= 15 is 0 Å². The molecule has 1 amide bonds. The number of aromatic nitrogens is 4. The van der Waals surface area contributed by atoms with Gasteiger partial charge in [-0.3, -0.25) is 9.78 Å². The number of amides is 1. The molecule has 0 bridgehead atoms. The van der Waals surface area contributed by atoms with Gasteiger partial charge in [-0.2, -0.15) is 13.2 Å². The van der Waals surface area contributed by atoms with Gasteiger partial charge in [-0.05, 0) is 85.1 Å². The number of alkyl halides is 3. The summed E-state index contributed by atoms with van der Waals surface area (Å²) in [7, 11) is 1.65. The third-order valence-corrected chi connectivity index (χ3v) is 9.18.